The average molecular weight is 447 g/mol. The van der Waals surface area contributed by atoms with Gasteiger partial charge in [-0.05, 0) is 6.42 Å². The van der Waals surface area contributed by atoms with E-state index in [-0.39, 0.29) is 22.7 Å². The molecule has 0 amide bonds. The summed E-state index contributed by atoms with van der Waals surface area (Å²) >= 11 is 20.6. The molecule has 20 heavy (non-hydrogen) atoms. The van der Waals surface area contributed by atoms with E-state index < -0.39 is 0 Å². The predicted molar refractivity (Wildman–Crippen MR) is 87.3 cm³/mol. The second kappa shape index (κ2) is 5.78. The number of aromatic nitrogens is 2. The quantitative estimate of drug-likeness (QED) is 0.561. The largest absolute Gasteiger partial charge is 0.394 e. The second-order valence-electron chi connectivity index (χ2n) is 4.60. The molecule has 0 spiro atoms. The van der Waals surface area contributed by atoms with Crippen molar-refractivity contribution in [3.8, 4) is 0 Å². The Hall–Kier alpha value is 0.210. The Morgan fingerprint density at radius 3 is 2.80 bits per heavy atom. The molecular weight excluding hydrogens is 437 g/mol. The van der Waals surface area contributed by atoms with Crippen LogP contribution in [0.3, 0.4) is 0 Å². The molecule has 4 nitrogen and oxygen atoms in total. The van der Waals surface area contributed by atoms with E-state index in [0.29, 0.717) is 20.8 Å². The van der Waals surface area contributed by atoms with Crippen molar-refractivity contribution in [2.24, 2.45) is 0 Å². The zero-order valence-corrected chi connectivity index (χ0v) is 14.5. The third-order valence-electron chi connectivity index (χ3n) is 3.29. The normalized spacial score (nSPS) is 26.6. The number of aliphatic hydroxyl groups excluding tert-OH is 1. The number of alkyl halides is 1. The van der Waals surface area contributed by atoms with Crippen molar-refractivity contribution in [3.63, 3.8) is 0 Å². The van der Waals surface area contributed by atoms with Crippen molar-refractivity contribution >= 4 is 63.0 Å². The highest BCUT2D eigenvalue weighted by molar-refractivity contribution is 14.1. The molecule has 1 aliphatic heterocycles. The Morgan fingerprint density at radius 1 is 1.40 bits per heavy atom. The number of halogens is 4. The van der Waals surface area contributed by atoms with E-state index in [9.17, 15) is 5.11 Å². The zero-order chi connectivity index (χ0) is 14.4. The number of fused-ring (bicyclic) bond motifs is 1. The number of hydrogen-bond acceptors (Lipinski definition) is 3. The molecule has 0 saturated carbocycles. The van der Waals surface area contributed by atoms with E-state index in [0.717, 1.165) is 12.1 Å². The Kier molecular flexibility index (Phi) is 4.37. The topological polar surface area (TPSA) is 46.8 Å². The van der Waals surface area contributed by atoms with Gasteiger partial charge in [0.25, 0.3) is 0 Å². The van der Waals surface area contributed by atoms with Crippen LogP contribution in [-0.4, -0.2) is 31.1 Å². The highest BCUT2D eigenvalue weighted by Gasteiger charge is 2.37. The molecular formula is C12H10Cl3IN2O2. The third kappa shape index (κ3) is 2.53. The van der Waals surface area contributed by atoms with Crippen LogP contribution in [0.4, 0.5) is 0 Å². The van der Waals surface area contributed by atoms with E-state index in [1.54, 1.807) is 16.7 Å². The van der Waals surface area contributed by atoms with Crippen LogP contribution in [0.5, 0.6) is 0 Å². The number of nitrogens with zero attached hydrogens (tertiary/aromatic N) is 2. The lowest BCUT2D eigenvalue weighted by Crippen LogP contribution is -2.12. The van der Waals surface area contributed by atoms with Gasteiger partial charge < -0.3 is 9.84 Å². The summed E-state index contributed by atoms with van der Waals surface area (Å²) in [6.07, 6.45) is 2.05. The molecule has 1 saturated heterocycles. The molecule has 3 heterocycles. The fraction of sp³-hybridized carbons (Fsp3) is 0.417. The van der Waals surface area contributed by atoms with Crippen LogP contribution in [0.15, 0.2) is 12.3 Å². The van der Waals surface area contributed by atoms with Gasteiger partial charge in [-0.25, -0.2) is 4.98 Å². The van der Waals surface area contributed by atoms with Crippen molar-refractivity contribution in [3.05, 3.63) is 33.2 Å². The number of imidazole rings is 1. The van der Waals surface area contributed by atoms with Gasteiger partial charge in [0.15, 0.2) is 5.15 Å². The summed E-state index contributed by atoms with van der Waals surface area (Å²) in [4.78, 5) is 4.28. The zero-order valence-electron chi connectivity index (χ0n) is 10.1. The SMILES string of the molecule is OC[C@@H]1C[C@H](I)[C@@H](c2c(Cl)nc3cc(Cl)c(Cl)cn23)O1. The summed E-state index contributed by atoms with van der Waals surface area (Å²) in [5.74, 6) is 0. The van der Waals surface area contributed by atoms with Crippen LogP contribution in [0.2, 0.25) is 15.2 Å². The minimum Gasteiger partial charge on any atom is -0.394 e. The highest BCUT2D eigenvalue weighted by atomic mass is 127. The maximum Gasteiger partial charge on any atom is 0.154 e. The molecule has 1 aliphatic rings. The maximum absolute atomic E-state index is 9.24. The van der Waals surface area contributed by atoms with Gasteiger partial charge in [-0.3, -0.25) is 4.40 Å². The molecule has 1 N–H and O–H groups in total. The number of pyridine rings is 1. The number of ether oxygens (including phenoxy) is 1. The number of hydrogen-bond donors (Lipinski definition) is 1. The Labute approximate surface area is 144 Å². The highest BCUT2D eigenvalue weighted by Crippen LogP contribution is 2.41. The number of aliphatic hydroxyl groups is 1. The van der Waals surface area contributed by atoms with Crippen molar-refractivity contribution in [2.75, 3.05) is 6.61 Å². The molecule has 0 aliphatic carbocycles. The molecule has 0 radical (unpaired) electrons. The summed E-state index contributed by atoms with van der Waals surface area (Å²) in [6, 6.07) is 1.67. The minimum atomic E-state index is -0.229. The molecule has 0 unspecified atom stereocenters. The minimum absolute atomic E-state index is 0.00303. The summed E-state index contributed by atoms with van der Waals surface area (Å²) in [7, 11) is 0. The molecule has 0 bridgehead atoms. The Morgan fingerprint density at radius 2 is 2.15 bits per heavy atom. The first-order chi connectivity index (χ1) is 9.51. The van der Waals surface area contributed by atoms with Gasteiger partial charge in [-0.2, -0.15) is 0 Å². The van der Waals surface area contributed by atoms with E-state index in [4.69, 9.17) is 39.5 Å². The lowest BCUT2D eigenvalue weighted by Gasteiger charge is -2.15. The van der Waals surface area contributed by atoms with E-state index in [1.807, 2.05) is 0 Å². The molecule has 2 aromatic rings. The van der Waals surface area contributed by atoms with Crippen LogP contribution in [0, 0.1) is 0 Å². The van der Waals surface area contributed by atoms with Gasteiger partial charge in [0.05, 0.1) is 28.5 Å². The Balaban J connectivity index is 2.11. The molecule has 3 rings (SSSR count). The van der Waals surface area contributed by atoms with Gasteiger partial charge in [0.1, 0.15) is 11.8 Å². The first-order valence-corrected chi connectivity index (χ1v) is 8.32. The van der Waals surface area contributed by atoms with Crippen LogP contribution < -0.4 is 0 Å². The molecule has 108 valence electrons. The number of rotatable bonds is 2. The van der Waals surface area contributed by atoms with Crippen LogP contribution in [0.1, 0.15) is 18.2 Å². The molecule has 3 atom stereocenters. The smallest absolute Gasteiger partial charge is 0.154 e. The molecule has 1 fully saturated rings. The summed E-state index contributed by atoms with van der Waals surface area (Å²) in [5, 5.41) is 10.5. The Bertz CT molecular complexity index is 664. The van der Waals surface area contributed by atoms with Crippen LogP contribution in [0.25, 0.3) is 5.65 Å². The fourth-order valence-electron chi connectivity index (χ4n) is 2.36. The third-order valence-corrected chi connectivity index (χ3v) is 5.44. The van der Waals surface area contributed by atoms with Gasteiger partial charge in [0.2, 0.25) is 0 Å². The van der Waals surface area contributed by atoms with Gasteiger partial charge in [-0.1, -0.05) is 57.4 Å². The van der Waals surface area contributed by atoms with Crippen molar-refractivity contribution in [1.82, 2.24) is 9.38 Å². The maximum atomic E-state index is 9.24. The van der Waals surface area contributed by atoms with E-state index >= 15 is 0 Å². The van der Waals surface area contributed by atoms with E-state index in [2.05, 4.69) is 27.6 Å². The van der Waals surface area contributed by atoms with E-state index in [1.165, 1.54) is 0 Å². The standard InChI is InChI=1S/C12H10Cl3IN2O2/c13-6-2-9-17-12(15)10(18(9)3-7(6)14)11-8(16)1-5(4-19)20-11/h2-3,5,8,11,19H,1,4H2/t5-,8-,11-/m0/s1. The fourth-order valence-corrected chi connectivity index (χ4v) is 4.02. The van der Waals surface area contributed by atoms with Gasteiger partial charge in [0, 0.05) is 16.2 Å². The first kappa shape index (κ1) is 15.1. The van der Waals surface area contributed by atoms with Crippen LogP contribution in [-0.2, 0) is 4.74 Å². The molecule has 0 aromatic carbocycles. The monoisotopic (exact) mass is 446 g/mol. The lowest BCUT2D eigenvalue weighted by atomic mass is 10.1. The summed E-state index contributed by atoms with van der Waals surface area (Å²) in [5.41, 5.74) is 1.37. The lowest BCUT2D eigenvalue weighted by molar-refractivity contribution is 0.0102. The van der Waals surface area contributed by atoms with Crippen molar-refractivity contribution in [1.29, 1.82) is 0 Å². The van der Waals surface area contributed by atoms with Gasteiger partial charge >= 0.3 is 0 Å². The van der Waals surface area contributed by atoms with Gasteiger partial charge in [-0.15, -0.1) is 0 Å². The first-order valence-electron chi connectivity index (χ1n) is 5.94. The predicted octanol–water partition coefficient (Wildman–Crippen LogP) is 3.92. The van der Waals surface area contributed by atoms with Crippen molar-refractivity contribution in [2.45, 2.75) is 22.6 Å². The molecule has 8 heteroatoms. The average Bonchev–Trinajstić information content (AvgIpc) is 2.90. The second-order valence-corrected chi connectivity index (χ2v) is 7.37. The summed E-state index contributed by atoms with van der Waals surface area (Å²) in [6.45, 7) is -0.00303. The van der Waals surface area contributed by atoms with Crippen LogP contribution >= 0.6 is 57.4 Å². The summed E-state index contributed by atoms with van der Waals surface area (Å²) < 4.78 is 7.85. The van der Waals surface area contributed by atoms with Crippen molar-refractivity contribution < 1.29 is 9.84 Å². The molecule has 2 aromatic heterocycles.